The summed E-state index contributed by atoms with van der Waals surface area (Å²) in [4.78, 5) is 13.9. The fourth-order valence-corrected chi connectivity index (χ4v) is 3.66. The molecular weight excluding hydrogens is 364 g/mol. The van der Waals surface area contributed by atoms with Crippen molar-refractivity contribution in [1.82, 2.24) is 34.3 Å². The van der Waals surface area contributed by atoms with Crippen molar-refractivity contribution in [3.8, 4) is 11.4 Å². The van der Waals surface area contributed by atoms with Gasteiger partial charge < -0.3 is 10.8 Å². The summed E-state index contributed by atoms with van der Waals surface area (Å²) in [7, 11) is 0. The Morgan fingerprint density at radius 1 is 1.22 bits per heavy atom. The summed E-state index contributed by atoms with van der Waals surface area (Å²) in [5.74, 6) is 0.184. The van der Waals surface area contributed by atoms with Gasteiger partial charge in [-0.1, -0.05) is 11.3 Å². The summed E-state index contributed by atoms with van der Waals surface area (Å²) in [5, 5.41) is 18.8. The lowest BCUT2D eigenvalue weighted by molar-refractivity contribution is 0.194. The molecule has 9 nitrogen and oxygen atoms in total. The van der Waals surface area contributed by atoms with Crippen LogP contribution in [0.15, 0.2) is 24.4 Å². The zero-order valence-electron chi connectivity index (χ0n) is 14.9. The molecule has 10 heteroatoms. The summed E-state index contributed by atoms with van der Waals surface area (Å²) in [6.45, 7) is 4.11. The molecule has 4 heterocycles. The average Bonchev–Trinajstić information content (AvgIpc) is 3.21. The van der Waals surface area contributed by atoms with Gasteiger partial charge in [-0.15, -0.1) is 5.10 Å². The third-order valence-electron chi connectivity index (χ3n) is 4.00. The molecule has 4 rings (SSSR count). The molecule has 4 aromatic heterocycles. The van der Waals surface area contributed by atoms with Crippen molar-refractivity contribution in [2.45, 2.75) is 32.9 Å². The highest BCUT2D eigenvalue weighted by Gasteiger charge is 2.16. The first-order valence-corrected chi connectivity index (χ1v) is 9.20. The van der Waals surface area contributed by atoms with Gasteiger partial charge in [0.1, 0.15) is 16.2 Å². The first-order valence-electron chi connectivity index (χ1n) is 8.42. The zero-order chi connectivity index (χ0) is 19.0. The van der Waals surface area contributed by atoms with E-state index in [9.17, 15) is 5.11 Å². The molecule has 1 atom stereocenters. The van der Waals surface area contributed by atoms with Crippen LogP contribution >= 0.6 is 11.5 Å². The van der Waals surface area contributed by atoms with Gasteiger partial charge in [0.2, 0.25) is 5.95 Å². The van der Waals surface area contributed by atoms with E-state index >= 15 is 0 Å². The zero-order valence-corrected chi connectivity index (χ0v) is 15.7. The third-order valence-corrected chi connectivity index (χ3v) is 4.83. The number of aryl methyl sites for hydroxylation is 1. The molecule has 0 fully saturated rings. The van der Waals surface area contributed by atoms with Crippen LogP contribution in [0.25, 0.3) is 21.6 Å². The number of fused-ring (bicyclic) bond motifs is 1. The first kappa shape index (κ1) is 17.4. The van der Waals surface area contributed by atoms with Crippen LogP contribution in [0.1, 0.15) is 24.0 Å². The van der Waals surface area contributed by atoms with E-state index < -0.39 is 6.10 Å². The van der Waals surface area contributed by atoms with Crippen LogP contribution in [-0.4, -0.2) is 45.5 Å². The Labute approximate surface area is 159 Å². The average molecular weight is 382 g/mol. The van der Waals surface area contributed by atoms with Crippen LogP contribution in [0.4, 0.5) is 5.95 Å². The Hall–Kier alpha value is -2.98. The van der Waals surface area contributed by atoms with Gasteiger partial charge >= 0.3 is 0 Å². The molecule has 0 saturated heterocycles. The standard InChI is InChI=1S/C17H18N8OS/c1-9(26)6-11-4-3-5-12(19-11)7-25-8-13(22-24-25)15-14-10(2)23-27-16(14)21-17(18)20-15/h3-5,8-9,26H,6-7H2,1-2H3,(H2,18,20,21). The van der Waals surface area contributed by atoms with E-state index in [2.05, 4.69) is 29.6 Å². The maximum atomic E-state index is 9.54. The molecule has 0 spiro atoms. The third kappa shape index (κ3) is 3.62. The molecule has 0 radical (unpaired) electrons. The van der Waals surface area contributed by atoms with Gasteiger partial charge in [0, 0.05) is 12.1 Å². The number of aromatic nitrogens is 7. The molecule has 0 saturated carbocycles. The Morgan fingerprint density at radius 3 is 2.85 bits per heavy atom. The van der Waals surface area contributed by atoms with Crippen molar-refractivity contribution >= 4 is 27.7 Å². The van der Waals surface area contributed by atoms with E-state index in [0.717, 1.165) is 27.3 Å². The number of aliphatic hydroxyl groups is 1. The predicted molar refractivity (Wildman–Crippen MR) is 102 cm³/mol. The minimum absolute atomic E-state index is 0.184. The van der Waals surface area contributed by atoms with Gasteiger partial charge in [0.15, 0.2) is 0 Å². The quantitative estimate of drug-likeness (QED) is 0.532. The molecular formula is C17H18N8OS. The number of rotatable bonds is 5. The minimum Gasteiger partial charge on any atom is -0.393 e. The van der Waals surface area contributed by atoms with Crippen LogP contribution in [0.3, 0.4) is 0 Å². The molecule has 3 N–H and O–H groups in total. The van der Waals surface area contributed by atoms with Crippen molar-refractivity contribution in [1.29, 1.82) is 0 Å². The SMILES string of the molecule is Cc1nsc2nc(N)nc(-c3cn(Cc4cccc(CC(C)O)n4)nn3)c12. The maximum absolute atomic E-state index is 9.54. The second-order valence-electron chi connectivity index (χ2n) is 6.35. The van der Waals surface area contributed by atoms with Crippen LogP contribution in [0.2, 0.25) is 0 Å². The van der Waals surface area contributed by atoms with E-state index in [1.807, 2.05) is 25.1 Å². The molecule has 0 aliphatic rings. The summed E-state index contributed by atoms with van der Waals surface area (Å²) < 4.78 is 6.03. The fraction of sp³-hybridized carbons (Fsp3) is 0.294. The Balaban J connectivity index is 1.64. The maximum Gasteiger partial charge on any atom is 0.222 e. The lowest BCUT2D eigenvalue weighted by Gasteiger charge is -2.06. The van der Waals surface area contributed by atoms with Gasteiger partial charge in [-0.25, -0.2) is 14.6 Å². The normalized spacial score (nSPS) is 12.6. The number of hydrogen-bond acceptors (Lipinski definition) is 9. The molecule has 138 valence electrons. The molecule has 1 unspecified atom stereocenters. The van der Waals surface area contributed by atoms with Crippen LogP contribution in [0.5, 0.6) is 0 Å². The van der Waals surface area contributed by atoms with Gasteiger partial charge in [-0.05, 0) is 37.5 Å². The van der Waals surface area contributed by atoms with Gasteiger partial charge in [0.05, 0.1) is 35.6 Å². The Kier molecular flexibility index (Phi) is 4.50. The topological polar surface area (TPSA) is 129 Å². The predicted octanol–water partition coefficient (Wildman–Crippen LogP) is 1.60. The Morgan fingerprint density at radius 2 is 2.04 bits per heavy atom. The van der Waals surface area contributed by atoms with E-state index in [1.54, 1.807) is 17.8 Å². The summed E-state index contributed by atoms with van der Waals surface area (Å²) >= 11 is 1.29. The van der Waals surface area contributed by atoms with Gasteiger partial charge in [-0.2, -0.15) is 4.37 Å². The van der Waals surface area contributed by atoms with Crippen molar-refractivity contribution < 1.29 is 5.11 Å². The molecule has 0 aliphatic carbocycles. The van der Waals surface area contributed by atoms with Gasteiger partial charge in [0.25, 0.3) is 0 Å². The van der Waals surface area contributed by atoms with E-state index in [-0.39, 0.29) is 5.95 Å². The number of pyridine rings is 1. The van der Waals surface area contributed by atoms with Crippen molar-refractivity contribution in [2.75, 3.05) is 5.73 Å². The number of nitrogens with zero attached hydrogens (tertiary/aromatic N) is 7. The summed E-state index contributed by atoms with van der Waals surface area (Å²) in [6, 6.07) is 5.74. The lowest BCUT2D eigenvalue weighted by atomic mass is 10.2. The number of hydrogen-bond donors (Lipinski definition) is 2. The monoisotopic (exact) mass is 382 g/mol. The second kappa shape index (κ2) is 6.97. The van der Waals surface area contributed by atoms with Crippen LogP contribution in [-0.2, 0) is 13.0 Å². The molecule has 0 bridgehead atoms. The molecule has 0 amide bonds. The largest absolute Gasteiger partial charge is 0.393 e. The minimum atomic E-state index is -0.432. The lowest BCUT2D eigenvalue weighted by Crippen LogP contribution is -2.08. The van der Waals surface area contributed by atoms with Crippen molar-refractivity contribution in [3.05, 3.63) is 41.5 Å². The highest BCUT2D eigenvalue weighted by atomic mass is 32.1. The Bertz CT molecular complexity index is 1100. The highest BCUT2D eigenvalue weighted by Crippen LogP contribution is 2.29. The van der Waals surface area contributed by atoms with Crippen LogP contribution < -0.4 is 5.73 Å². The smallest absolute Gasteiger partial charge is 0.222 e. The number of aliphatic hydroxyl groups excluding tert-OH is 1. The van der Waals surface area contributed by atoms with E-state index in [4.69, 9.17) is 5.73 Å². The van der Waals surface area contributed by atoms with Gasteiger partial charge in [-0.3, -0.25) is 4.98 Å². The first-order chi connectivity index (χ1) is 13.0. The number of nitrogen functional groups attached to an aromatic ring is 1. The summed E-state index contributed by atoms with van der Waals surface area (Å²) in [5.41, 5.74) is 9.59. The van der Waals surface area contributed by atoms with Crippen molar-refractivity contribution in [2.24, 2.45) is 0 Å². The fourth-order valence-electron chi connectivity index (χ4n) is 2.88. The molecule has 0 aliphatic heterocycles. The van der Waals surface area contributed by atoms with Crippen LogP contribution in [0, 0.1) is 6.92 Å². The molecule has 0 aromatic carbocycles. The van der Waals surface area contributed by atoms with Crippen molar-refractivity contribution in [3.63, 3.8) is 0 Å². The van der Waals surface area contributed by atoms with E-state index in [0.29, 0.717) is 24.4 Å². The summed E-state index contributed by atoms with van der Waals surface area (Å²) in [6.07, 6.45) is 1.89. The second-order valence-corrected chi connectivity index (χ2v) is 7.11. The molecule has 4 aromatic rings. The number of nitrogens with two attached hydrogens (primary N) is 1. The highest BCUT2D eigenvalue weighted by molar-refractivity contribution is 7.13. The number of anilines is 1. The molecule has 27 heavy (non-hydrogen) atoms. The van der Waals surface area contributed by atoms with E-state index in [1.165, 1.54) is 11.5 Å².